The quantitative estimate of drug-likeness (QED) is 0.368. The van der Waals surface area contributed by atoms with Crippen molar-refractivity contribution in [3.63, 3.8) is 0 Å². The van der Waals surface area contributed by atoms with E-state index >= 15 is 0 Å². The lowest BCUT2D eigenvalue weighted by atomic mass is 10.0. The third-order valence-corrected chi connectivity index (χ3v) is 1.68. The molecule has 5 heteroatoms. The van der Waals surface area contributed by atoms with Gasteiger partial charge in [-0.25, -0.2) is 0 Å². The van der Waals surface area contributed by atoms with E-state index < -0.39 is 11.0 Å². The molecule has 0 aliphatic carbocycles. The maximum absolute atomic E-state index is 11.1. The molecule has 0 aliphatic rings. The van der Waals surface area contributed by atoms with Gasteiger partial charge in [0, 0.05) is 40.8 Å². The van der Waals surface area contributed by atoms with Gasteiger partial charge in [0.2, 0.25) is 5.78 Å². The molecule has 13 heavy (non-hydrogen) atoms. The lowest BCUT2D eigenvalue weighted by Crippen LogP contribution is -2.29. The molecule has 1 atom stereocenters. The van der Waals surface area contributed by atoms with Gasteiger partial charge in [0.05, 0.1) is 0 Å². The molecule has 0 spiro atoms. The van der Waals surface area contributed by atoms with E-state index in [0.29, 0.717) is 25.7 Å². The van der Waals surface area contributed by atoms with Crippen LogP contribution in [0.15, 0.2) is 0 Å². The molecule has 0 rings (SSSR count). The highest BCUT2D eigenvalue weighted by Crippen LogP contribution is 2.06. The van der Waals surface area contributed by atoms with Crippen LogP contribution < -0.4 is 0 Å². The van der Waals surface area contributed by atoms with Crippen LogP contribution in [-0.4, -0.2) is 39.8 Å². The summed E-state index contributed by atoms with van der Waals surface area (Å²) in [6.07, 6.45) is 2.06. The van der Waals surface area contributed by atoms with Crippen molar-refractivity contribution in [1.82, 2.24) is 0 Å². The van der Waals surface area contributed by atoms with E-state index in [1.165, 1.54) is 0 Å². The van der Waals surface area contributed by atoms with Crippen molar-refractivity contribution in [2.45, 2.75) is 45.6 Å². The summed E-state index contributed by atoms with van der Waals surface area (Å²) in [4.78, 5) is 21.1. The zero-order chi connectivity index (χ0) is 9.56. The van der Waals surface area contributed by atoms with E-state index in [2.05, 4.69) is 0 Å². The molecule has 0 aromatic rings. The van der Waals surface area contributed by atoms with E-state index in [0.717, 1.165) is 0 Å². The third kappa shape index (κ3) is 5.98. The lowest BCUT2D eigenvalue weighted by molar-refractivity contribution is -0.508. The molecular formula is C8H15MgNO3. The van der Waals surface area contributed by atoms with Gasteiger partial charge in [0.15, 0.2) is 0 Å². The lowest BCUT2D eigenvalue weighted by Gasteiger charge is -2.05. The largest absolute Gasteiger partial charge is 0.292 e. The molecule has 2 radical (unpaired) electrons. The number of ketones is 1. The molecule has 0 saturated carbocycles. The first-order chi connectivity index (χ1) is 5.63. The van der Waals surface area contributed by atoms with Gasteiger partial charge in [-0.2, -0.15) is 0 Å². The van der Waals surface area contributed by atoms with E-state index in [9.17, 15) is 14.9 Å². The molecule has 4 nitrogen and oxygen atoms in total. The summed E-state index contributed by atoms with van der Waals surface area (Å²) in [5.74, 6) is -0.232. The molecule has 1 unspecified atom stereocenters. The Morgan fingerprint density at radius 2 is 1.92 bits per heavy atom. The number of Topliss-reactive ketones (excluding diaryl/α,β-unsaturated/α-hetero) is 1. The van der Waals surface area contributed by atoms with Gasteiger partial charge in [-0.1, -0.05) is 13.8 Å². The second-order valence-electron chi connectivity index (χ2n) is 2.81. The number of hydrogen-bond acceptors (Lipinski definition) is 3. The van der Waals surface area contributed by atoms with Gasteiger partial charge >= 0.3 is 0 Å². The Morgan fingerprint density at radius 1 is 1.38 bits per heavy atom. The Hall–Kier alpha value is -0.164. The maximum Gasteiger partial charge on any atom is 0.270 e. The molecular weight excluding hydrogens is 182 g/mol. The van der Waals surface area contributed by atoms with Crippen molar-refractivity contribution >= 4 is 28.8 Å². The first kappa shape index (κ1) is 15.3. The van der Waals surface area contributed by atoms with Gasteiger partial charge in [-0.15, -0.1) is 0 Å². The average molecular weight is 198 g/mol. The zero-order valence-electron chi connectivity index (χ0n) is 8.28. The summed E-state index contributed by atoms with van der Waals surface area (Å²) in [5.41, 5.74) is 0. The van der Waals surface area contributed by atoms with Crippen LogP contribution in [-0.2, 0) is 4.79 Å². The van der Waals surface area contributed by atoms with Crippen LogP contribution in [0.4, 0.5) is 0 Å². The highest BCUT2D eigenvalue weighted by Gasteiger charge is 2.26. The molecule has 0 aromatic carbocycles. The summed E-state index contributed by atoms with van der Waals surface area (Å²) in [6, 6.07) is -0.963. The second-order valence-corrected chi connectivity index (χ2v) is 2.81. The number of hydrogen-bond donors (Lipinski definition) is 0. The predicted octanol–water partition coefficient (Wildman–Crippen LogP) is 1.42. The van der Waals surface area contributed by atoms with E-state index in [1.807, 2.05) is 13.8 Å². The van der Waals surface area contributed by atoms with Gasteiger partial charge in [-0.3, -0.25) is 14.9 Å². The van der Waals surface area contributed by atoms with Crippen LogP contribution in [0.1, 0.15) is 39.5 Å². The predicted molar refractivity (Wildman–Crippen MR) is 51.4 cm³/mol. The van der Waals surface area contributed by atoms with Gasteiger partial charge in [0.1, 0.15) is 0 Å². The van der Waals surface area contributed by atoms with Crippen molar-refractivity contribution in [2.75, 3.05) is 0 Å². The minimum absolute atomic E-state index is 0. The Kier molecular flexibility index (Phi) is 9.94. The SMILES string of the molecule is CCCC(=O)C(CCC)[N+](=O)[O-].[Mg]. The second kappa shape index (κ2) is 8.44. The average Bonchev–Trinajstić information content (AvgIpc) is 1.99. The van der Waals surface area contributed by atoms with Crippen LogP contribution in [0.25, 0.3) is 0 Å². The zero-order valence-corrected chi connectivity index (χ0v) is 9.70. The third-order valence-electron chi connectivity index (χ3n) is 1.68. The maximum atomic E-state index is 11.1. The highest BCUT2D eigenvalue weighted by molar-refractivity contribution is 5.82. The van der Waals surface area contributed by atoms with Gasteiger partial charge in [0.25, 0.3) is 6.04 Å². The first-order valence-corrected chi connectivity index (χ1v) is 4.29. The van der Waals surface area contributed by atoms with Crippen LogP contribution in [0.5, 0.6) is 0 Å². The van der Waals surface area contributed by atoms with Crippen molar-refractivity contribution < 1.29 is 9.72 Å². The summed E-state index contributed by atoms with van der Waals surface area (Å²) in [6.45, 7) is 3.69. The molecule has 72 valence electrons. The summed E-state index contributed by atoms with van der Waals surface area (Å²) in [5, 5.41) is 10.4. The molecule has 0 heterocycles. The summed E-state index contributed by atoms with van der Waals surface area (Å²) in [7, 11) is 0. The fourth-order valence-corrected chi connectivity index (χ4v) is 1.07. The van der Waals surface area contributed by atoms with Crippen molar-refractivity contribution in [2.24, 2.45) is 0 Å². The normalized spacial score (nSPS) is 11.5. The Bertz CT molecular complexity index is 173. The van der Waals surface area contributed by atoms with Crippen molar-refractivity contribution in [3.8, 4) is 0 Å². The minimum atomic E-state index is -0.963. The van der Waals surface area contributed by atoms with E-state index in [-0.39, 0.29) is 28.8 Å². The van der Waals surface area contributed by atoms with E-state index in [1.54, 1.807) is 0 Å². The smallest absolute Gasteiger partial charge is 0.270 e. The minimum Gasteiger partial charge on any atom is -0.292 e. The van der Waals surface area contributed by atoms with Crippen LogP contribution in [0.2, 0.25) is 0 Å². The number of nitrogens with zero attached hydrogens (tertiary/aromatic N) is 1. The summed E-state index contributed by atoms with van der Waals surface area (Å²) >= 11 is 0. The molecule has 0 fully saturated rings. The first-order valence-electron chi connectivity index (χ1n) is 4.29. The monoisotopic (exact) mass is 197 g/mol. The topological polar surface area (TPSA) is 60.2 Å². The van der Waals surface area contributed by atoms with Crippen LogP contribution in [0, 0.1) is 10.1 Å². The number of nitro groups is 1. The number of carbonyl (C=O) groups is 1. The Labute approximate surface area is 94.4 Å². The fraction of sp³-hybridized carbons (Fsp3) is 0.875. The van der Waals surface area contributed by atoms with E-state index in [4.69, 9.17) is 0 Å². The van der Waals surface area contributed by atoms with Crippen molar-refractivity contribution in [1.29, 1.82) is 0 Å². The number of rotatable bonds is 6. The van der Waals surface area contributed by atoms with Crippen LogP contribution in [0.3, 0.4) is 0 Å². The van der Waals surface area contributed by atoms with Crippen LogP contribution >= 0.6 is 0 Å². The molecule has 0 N–H and O–H groups in total. The molecule has 0 bridgehead atoms. The van der Waals surface area contributed by atoms with Gasteiger partial charge in [-0.05, 0) is 12.8 Å². The Balaban J connectivity index is 0. The summed E-state index contributed by atoms with van der Waals surface area (Å²) < 4.78 is 0. The fourth-order valence-electron chi connectivity index (χ4n) is 1.07. The molecule has 0 aliphatic heterocycles. The Morgan fingerprint density at radius 3 is 2.23 bits per heavy atom. The molecule has 0 amide bonds. The standard InChI is InChI=1S/C8H15NO3.Mg/c1-3-5-7(9(11)12)8(10)6-4-2;/h7H,3-6H2,1-2H3;. The molecule has 0 aromatic heterocycles. The highest BCUT2D eigenvalue weighted by atomic mass is 24.3. The number of carbonyl (C=O) groups excluding carboxylic acids is 1. The van der Waals surface area contributed by atoms with Gasteiger partial charge < -0.3 is 0 Å². The van der Waals surface area contributed by atoms with Crippen molar-refractivity contribution in [3.05, 3.63) is 10.1 Å². The molecule has 0 saturated heterocycles.